The molecule has 0 radical (unpaired) electrons. The number of rotatable bonds is 41. The Labute approximate surface area is 843 Å². The minimum absolute atomic E-state index is 0. The van der Waals surface area contributed by atoms with Gasteiger partial charge in [-0.3, -0.25) is 81.5 Å². The van der Waals surface area contributed by atoms with Crippen molar-refractivity contribution < 1.29 is 174 Å². The fraction of sp³-hybridized carbons (Fsp3) is 0.832. The Balaban J connectivity index is -0.0000000514. The molecule has 20 unspecified atom stereocenters. The van der Waals surface area contributed by atoms with Crippen LogP contribution in [-0.4, -0.2) is 216 Å². The zero-order chi connectivity index (χ0) is 97.7. The third kappa shape index (κ3) is 92.6. The first-order chi connectivity index (χ1) is 55.5. The van der Waals surface area contributed by atoms with Crippen LogP contribution >= 0.6 is 11.8 Å². The van der Waals surface area contributed by atoms with Gasteiger partial charge in [-0.1, -0.05) is 296 Å². The van der Waals surface area contributed by atoms with E-state index in [1.165, 1.54) is 95.0 Å². The van der Waals surface area contributed by atoms with E-state index < -0.39 is 214 Å². The van der Waals surface area contributed by atoms with E-state index in [0.717, 1.165) is 19.3 Å². The molecule has 20 atom stereocenters. The molecule has 37 heteroatoms. The van der Waals surface area contributed by atoms with Gasteiger partial charge in [-0.15, -0.1) is 0 Å². The van der Waals surface area contributed by atoms with Gasteiger partial charge in [0.25, 0.3) is 0 Å². The summed E-state index contributed by atoms with van der Waals surface area (Å²) in [5.41, 5.74) is -1.09. The number of carboxylic acid groups (broad SMARTS) is 8. The van der Waals surface area contributed by atoms with Gasteiger partial charge in [0.05, 0.1) is 102 Å². The summed E-state index contributed by atoms with van der Waals surface area (Å²) in [5.74, 6) is -22.0. The molecule has 0 aromatic rings. The number of hydrogen-bond donors (Lipinski definition) is 8. The number of unbranched alkanes of at least 4 members (excludes halogenated alkanes) is 1. The average Bonchev–Trinajstić information content (AvgIpc) is 0.878. The topological polar surface area (TPSA) is 554 Å². The number of ketones is 1. The number of carbonyl (C=O) groups is 17. The van der Waals surface area contributed by atoms with Crippen LogP contribution < -0.4 is 0 Å². The van der Waals surface area contributed by atoms with Gasteiger partial charge in [0, 0.05) is 37.2 Å². The number of hydrogen-bond acceptors (Lipinski definition) is 29. The Morgan fingerprint density at radius 3 is 0.877 bits per heavy atom. The molecule has 0 spiro atoms. The number of Topliss-reactive ketones (excluding diaryl/α,β-unsaturated/α-hetero) is 1. The first-order valence-electron chi connectivity index (χ1n) is 40.8. The molecule has 0 aliphatic heterocycles. The molecule has 0 heterocycles. The van der Waals surface area contributed by atoms with Crippen LogP contribution in [0.5, 0.6) is 0 Å². The van der Waals surface area contributed by atoms with E-state index in [1.54, 1.807) is 83.1 Å². The second kappa shape index (κ2) is 97.4. The highest BCUT2D eigenvalue weighted by atomic mass is 32.2. The van der Waals surface area contributed by atoms with Gasteiger partial charge in [0.15, 0.2) is 30.8 Å². The molecule has 840 valence electrons. The van der Waals surface area contributed by atoms with Crippen molar-refractivity contribution in [3.63, 3.8) is 0 Å². The molecule has 1 saturated carbocycles. The summed E-state index contributed by atoms with van der Waals surface area (Å²) in [6.07, 6.45) is 2.58. The van der Waals surface area contributed by atoms with Crippen molar-refractivity contribution >= 4 is 112 Å². The van der Waals surface area contributed by atoms with Gasteiger partial charge in [-0.25, -0.2) is 0 Å². The summed E-state index contributed by atoms with van der Waals surface area (Å²) in [5, 5.41) is 69.7. The van der Waals surface area contributed by atoms with Crippen LogP contribution in [0.2, 0.25) is 0 Å². The molecule has 0 aromatic heterocycles. The molecule has 1 fully saturated rings. The molecule has 1 aliphatic carbocycles. The van der Waals surface area contributed by atoms with Gasteiger partial charge in [0.2, 0.25) is 0 Å². The maximum absolute atomic E-state index is 11.7. The largest absolute Gasteiger partial charge is 0.481 e. The summed E-state index contributed by atoms with van der Waals surface area (Å²) in [6.45, 7) is 55.0. The number of aliphatic carboxylic acids is 8. The smallest absolute Gasteiger partial charge is 0.311 e. The summed E-state index contributed by atoms with van der Waals surface area (Å²) < 4.78 is 54.9. The summed E-state index contributed by atoms with van der Waals surface area (Å²) in [7, 11) is 1.39. The number of thioether (sulfide) groups is 1. The van der Waals surface area contributed by atoms with Crippen molar-refractivity contribution in [2.24, 2.45) is 101 Å². The summed E-state index contributed by atoms with van der Waals surface area (Å²) in [6, 6.07) is 0. The molecular formula is C101H214O36S. The van der Waals surface area contributed by atoms with E-state index in [1.807, 2.05) is 62.3 Å². The second-order valence-corrected chi connectivity index (χ2v) is 34.7. The molecule has 138 heavy (non-hydrogen) atoms. The van der Waals surface area contributed by atoms with Crippen LogP contribution in [0, 0.1) is 101 Å². The normalized spacial score (nSPS) is 15.0. The standard InChI is InChI=1S/C12H18O5.2C12H22O5.C11H20O4.C10H18O5.C10H18O4.C10H18O3S.C8H14O5.16CH4/c1-7(11(14)15)8(2)12(16)17-10-5-3-4-9(13)6-10;1-7(2)6-16-10(5)17-12(15)9(4)8(3)11(13)14;1-5-6-7-16-10(4)17-12(15)9(3)8(2)11(13)14;1-6-11(4,5)15-10(14)8(3)7(2)9(12)13;1-5-14-8(4)15-10(13)7(3)6(2)9(11)12;2*1-6(8(11)12)7(2)9(13)14-10(3,4)5;1-5(7(9)10)6(2)8(11)13-4-12-3;;;;;;;;;;;;;;;;/h7-8,10H,3-6H2,1-2H3,(H,14,15);7-10H,6H2,1-5H3,(H,13,14);8-10H,5-7H2,1-4H3,(H,13,14);7-8H,6H2,1-5H3,(H,12,13);6-8H,5H2,1-4H3,(H,11,12);2*6-7H,1-5H3,(H,11,12);5-6H,4H2,1-3H3,(H,9,10);16*1H4. The van der Waals surface area contributed by atoms with Crippen molar-refractivity contribution in [3.05, 3.63) is 0 Å². The fourth-order valence-corrected chi connectivity index (χ4v) is 9.04. The van der Waals surface area contributed by atoms with Crippen molar-refractivity contribution in [1.82, 2.24) is 0 Å². The van der Waals surface area contributed by atoms with Crippen molar-refractivity contribution in [2.45, 2.75) is 426 Å². The van der Waals surface area contributed by atoms with E-state index in [0.29, 0.717) is 45.0 Å². The Morgan fingerprint density at radius 1 is 0.355 bits per heavy atom. The predicted molar refractivity (Wildman–Crippen MR) is 555 cm³/mol. The third-order valence-electron chi connectivity index (χ3n) is 18.9. The third-order valence-corrected chi connectivity index (χ3v) is 20.1. The minimum Gasteiger partial charge on any atom is -0.481 e. The van der Waals surface area contributed by atoms with E-state index in [-0.39, 0.29) is 154 Å². The summed E-state index contributed by atoms with van der Waals surface area (Å²) >= 11 is 1.21. The second-order valence-electron chi connectivity index (χ2n) is 32.9. The SMILES string of the molecule is C.C.C.C.C.C.C.C.C.C.C.C.C.C.C.C.CC(C(=O)O)C(C)C(=O)OC(C)(C)C.CC(C(=O)O)C(C)C(=O)OC1CCCC(=O)C1.CC(C(=O)O)C(C)C(=O)SC(C)(C)C.CC(C)COC(C)OC(=O)C(C)C(C)C(=O)O.CCC(C)(C)OC(=O)C(C)C(C)C(=O)O.CCCCOC(C)OC(=O)C(C)C(C)C(=O)O.CCOC(C)OC(=O)C(C)C(C)C(=O)O.COCOC(=O)C(C)C(C)C(=O)O. The lowest BCUT2D eigenvalue weighted by molar-refractivity contribution is -0.184. The van der Waals surface area contributed by atoms with Crippen molar-refractivity contribution in [3.8, 4) is 0 Å². The van der Waals surface area contributed by atoms with Crippen LogP contribution in [-0.2, 0) is 134 Å². The maximum Gasteiger partial charge on any atom is 0.311 e. The Kier molecular flexibility index (Phi) is 133. The molecule has 1 aliphatic rings. The molecule has 0 saturated heterocycles. The molecule has 0 amide bonds. The highest BCUT2D eigenvalue weighted by Gasteiger charge is 2.37. The molecule has 36 nitrogen and oxygen atoms in total. The van der Waals surface area contributed by atoms with Crippen LogP contribution in [0.15, 0.2) is 0 Å². The molecule has 0 aromatic carbocycles. The number of carboxylic acids is 8. The number of esters is 7. The molecule has 0 bridgehead atoms. The quantitative estimate of drug-likeness (QED) is 0.0122. The Morgan fingerprint density at radius 2 is 0.623 bits per heavy atom. The molecule has 1 rings (SSSR count). The number of methoxy groups -OCH3 is 1. The van der Waals surface area contributed by atoms with E-state index >= 15 is 0 Å². The zero-order valence-electron chi connectivity index (χ0n) is 78.3. The van der Waals surface area contributed by atoms with Gasteiger partial charge < -0.3 is 93.0 Å². The predicted octanol–water partition coefficient (Wildman–Crippen LogP) is 23.5. The Hall–Kier alpha value is -8.42. The maximum atomic E-state index is 11.7. The number of ether oxygens (including phenoxy) is 11. The minimum atomic E-state index is -1.02. The first-order valence-corrected chi connectivity index (χ1v) is 41.6. The lowest BCUT2D eigenvalue weighted by Gasteiger charge is -2.26. The first kappa shape index (κ1) is 189. The van der Waals surface area contributed by atoms with Gasteiger partial charge >= 0.3 is 89.5 Å². The van der Waals surface area contributed by atoms with Crippen LogP contribution in [0.25, 0.3) is 0 Å². The molecular weight excluding hydrogens is 1820 g/mol. The van der Waals surface area contributed by atoms with E-state index in [9.17, 15) is 81.5 Å². The summed E-state index contributed by atoms with van der Waals surface area (Å²) in [4.78, 5) is 188. The van der Waals surface area contributed by atoms with Crippen molar-refractivity contribution in [2.75, 3.05) is 33.7 Å². The van der Waals surface area contributed by atoms with Crippen LogP contribution in [0.3, 0.4) is 0 Å². The van der Waals surface area contributed by atoms with E-state index in [2.05, 4.69) is 9.47 Å². The van der Waals surface area contributed by atoms with Crippen molar-refractivity contribution in [1.29, 1.82) is 0 Å². The lowest BCUT2D eigenvalue weighted by Crippen LogP contribution is -2.34. The highest BCUT2D eigenvalue weighted by molar-refractivity contribution is 8.14. The van der Waals surface area contributed by atoms with Gasteiger partial charge in [-0.2, -0.15) is 0 Å². The number of carbonyl (C=O) groups excluding carboxylic acids is 9. The molecule has 8 N–H and O–H groups in total. The lowest BCUT2D eigenvalue weighted by atomic mass is 9.94. The highest BCUT2D eigenvalue weighted by Crippen LogP contribution is 2.30. The average molecular weight is 2040 g/mol. The van der Waals surface area contributed by atoms with Gasteiger partial charge in [-0.05, 0) is 93.9 Å². The monoisotopic (exact) mass is 2040 g/mol. The van der Waals surface area contributed by atoms with Gasteiger partial charge in [0.1, 0.15) is 23.1 Å². The Bertz CT molecular complexity index is 3150. The van der Waals surface area contributed by atoms with Crippen LogP contribution in [0.1, 0.15) is 385 Å². The fourth-order valence-electron chi connectivity index (χ4n) is 8.05. The van der Waals surface area contributed by atoms with Crippen LogP contribution in [0.4, 0.5) is 0 Å². The van der Waals surface area contributed by atoms with E-state index in [4.69, 9.17) is 83.5 Å². The zero-order valence-corrected chi connectivity index (χ0v) is 79.1.